The van der Waals surface area contributed by atoms with Gasteiger partial charge in [0.25, 0.3) is 0 Å². The number of ether oxygens (including phenoxy) is 1. The number of hydrogen-bond donors (Lipinski definition) is 1. The van der Waals surface area contributed by atoms with Crippen LogP contribution < -0.4 is 5.73 Å². The lowest BCUT2D eigenvalue weighted by atomic mass is 10.2. The van der Waals surface area contributed by atoms with Crippen LogP contribution in [0.1, 0.15) is 26.7 Å². The van der Waals surface area contributed by atoms with Gasteiger partial charge in [-0.25, -0.2) is 0 Å². The third-order valence-electron chi connectivity index (χ3n) is 1.00. The Labute approximate surface area is 65.7 Å². The Morgan fingerprint density at radius 2 is 2.00 bits per heavy atom. The molecule has 64 valence electrons. The summed E-state index contributed by atoms with van der Waals surface area (Å²) in [4.78, 5) is 21.2. The zero-order chi connectivity index (χ0) is 8.85. The maximum absolute atomic E-state index is 10.7. The first-order chi connectivity index (χ1) is 5.06. The van der Waals surface area contributed by atoms with E-state index in [1.807, 2.05) is 0 Å². The summed E-state index contributed by atoms with van der Waals surface area (Å²) in [6.07, 6.45) is 0.302. The van der Waals surface area contributed by atoms with Crippen LogP contribution >= 0.6 is 0 Å². The van der Waals surface area contributed by atoms with Crippen LogP contribution in [0.5, 0.6) is 0 Å². The predicted octanol–water partition coefficient (Wildman–Crippen LogP) is 0.203. The van der Waals surface area contributed by atoms with Crippen LogP contribution in [0.3, 0.4) is 0 Å². The maximum Gasteiger partial charge on any atom is 0.314 e. The third kappa shape index (κ3) is 5.54. The van der Waals surface area contributed by atoms with E-state index >= 15 is 0 Å². The summed E-state index contributed by atoms with van der Waals surface area (Å²) >= 11 is 0. The molecule has 0 aliphatic rings. The maximum atomic E-state index is 10.7. The van der Waals surface area contributed by atoms with Gasteiger partial charge in [0.1, 0.15) is 0 Å². The molecule has 0 aromatic carbocycles. The molecule has 4 nitrogen and oxygen atoms in total. The van der Waals surface area contributed by atoms with E-state index in [1.165, 1.54) is 0 Å². The highest BCUT2D eigenvalue weighted by Gasteiger charge is 2.09. The molecule has 0 fully saturated rings. The van der Waals surface area contributed by atoms with Gasteiger partial charge in [0.15, 0.2) is 0 Å². The Balaban J connectivity index is 3.61. The van der Waals surface area contributed by atoms with Crippen LogP contribution in [0.2, 0.25) is 0 Å². The van der Waals surface area contributed by atoms with Gasteiger partial charge in [0.2, 0.25) is 0 Å². The topological polar surface area (TPSA) is 69.4 Å². The number of nitrogens with two attached hydrogens (primary N) is 1. The predicted molar refractivity (Wildman–Crippen MR) is 39.7 cm³/mol. The van der Waals surface area contributed by atoms with E-state index in [-0.39, 0.29) is 18.9 Å². The molecular formula is C7H13NO3. The molecule has 2 N–H and O–H groups in total. The second-order valence-electron chi connectivity index (χ2n) is 2.38. The zero-order valence-corrected chi connectivity index (χ0v) is 6.79. The molecule has 0 saturated heterocycles. The summed E-state index contributed by atoms with van der Waals surface area (Å²) in [6, 6.07) is -0.257. The summed E-state index contributed by atoms with van der Waals surface area (Å²) in [5.41, 5.74) is 5.30. The molecule has 0 radical (unpaired) electrons. The van der Waals surface area contributed by atoms with Crippen molar-refractivity contribution >= 4 is 11.9 Å². The van der Waals surface area contributed by atoms with Crippen LogP contribution in [-0.2, 0) is 14.3 Å². The number of carbonyl (C=O) groups excluding carboxylic acids is 2. The summed E-state index contributed by atoms with van der Waals surface area (Å²) in [5, 5.41) is 0. The molecule has 4 heteroatoms. The highest BCUT2D eigenvalue weighted by molar-refractivity contribution is 5.85. The van der Waals surface area contributed by atoms with E-state index < -0.39 is 11.9 Å². The van der Waals surface area contributed by atoms with Gasteiger partial charge in [-0.05, 0) is 6.92 Å². The van der Waals surface area contributed by atoms with Crippen molar-refractivity contribution in [2.24, 2.45) is 5.73 Å². The second-order valence-corrected chi connectivity index (χ2v) is 2.38. The molecule has 0 heterocycles. The molecule has 0 bridgehead atoms. The summed E-state index contributed by atoms with van der Waals surface area (Å²) < 4.78 is 4.35. The number of hydrogen-bond acceptors (Lipinski definition) is 4. The molecule has 0 aromatic rings. The van der Waals surface area contributed by atoms with Crippen LogP contribution in [0.4, 0.5) is 0 Å². The largest absolute Gasteiger partial charge is 0.393 e. The highest BCUT2D eigenvalue weighted by Crippen LogP contribution is 1.92. The smallest absolute Gasteiger partial charge is 0.314 e. The first kappa shape index (κ1) is 10.1. The summed E-state index contributed by atoms with van der Waals surface area (Å²) in [7, 11) is 0. The minimum absolute atomic E-state index is 0.0890. The van der Waals surface area contributed by atoms with Crippen molar-refractivity contribution in [1.29, 1.82) is 0 Å². The van der Waals surface area contributed by atoms with Crippen LogP contribution in [0.15, 0.2) is 0 Å². The molecular weight excluding hydrogens is 146 g/mol. The normalized spacial score (nSPS) is 12.3. The Kier molecular flexibility index (Phi) is 4.45. The molecule has 0 amide bonds. The minimum Gasteiger partial charge on any atom is -0.393 e. The van der Waals surface area contributed by atoms with Gasteiger partial charge in [0, 0.05) is 12.5 Å². The Morgan fingerprint density at radius 3 is 2.36 bits per heavy atom. The van der Waals surface area contributed by atoms with Crippen molar-refractivity contribution in [3.63, 3.8) is 0 Å². The third-order valence-corrected chi connectivity index (χ3v) is 1.00. The molecule has 0 saturated carbocycles. The van der Waals surface area contributed by atoms with Crippen LogP contribution in [0, 0.1) is 0 Å². The van der Waals surface area contributed by atoms with Gasteiger partial charge in [0.05, 0.1) is 6.42 Å². The average Bonchev–Trinajstić information content (AvgIpc) is 1.85. The van der Waals surface area contributed by atoms with Gasteiger partial charge >= 0.3 is 11.9 Å². The van der Waals surface area contributed by atoms with Gasteiger partial charge in [-0.3, -0.25) is 9.59 Å². The van der Waals surface area contributed by atoms with Crippen molar-refractivity contribution < 1.29 is 14.3 Å². The molecule has 0 spiro atoms. The zero-order valence-electron chi connectivity index (χ0n) is 6.79. The number of esters is 2. The van der Waals surface area contributed by atoms with E-state index in [4.69, 9.17) is 5.73 Å². The SMILES string of the molecule is CCC(=O)OC(=O)C[C@@H](C)N. The van der Waals surface area contributed by atoms with Gasteiger partial charge < -0.3 is 10.5 Å². The lowest BCUT2D eigenvalue weighted by molar-refractivity contribution is -0.159. The number of carbonyl (C=O) groups is 2. The van der Waals surface area contributed by atoms with E-state index in [9.17, 15) is 9.59 Å². The van der Waals surface area contributed by atoms with Crippen LogP contribution in [0.25, 0.3) is 0 Å². The van der Waals surface area contributed by atoms with Crippen molar-refractivity contribution in [2.75, 3.05) is 0 Å². The first-order valence-corrected chi connectivity index (χ1v) is 3.55. The van der Waals surface area contributed by atoms with E-state index in [0.717, 1.165) is 0 Å². The van der Waals surface area contributed by atoms with Gasteiger partial charge in [-0.1, -0.05) is 6.92 Å². The number of rotatable bonds is 3. The lowest BCUT2D eigenvalue weighted by Crippen LogP contribution is -2.22. The summed E-state index contributed by atoms with van der Waals surface area (Å²) in [6.45, 7) is 3.30. The standard InChI is InChI=1S/C7H13NO3/c1-3-6(9)11-7(10)4-5(2)8/h5H,3-4,8H2,1-2H3/t5-/m1/s1. The quantitative estimate of drug-likeness (QED) is 0.472. The van der Waals surface area contributed by atoms with E-state index in [1.54, 1.807) is 13.8 Å². The Bertz CT molecular complexity index is 154. The fourth-order valence-corrected chi connectivity index (χ4v) is 0.504. The lowest BCUT2D eigenvalue weighted by Gasteiger charge is -2.02. The molecule has 1 atom stereocenters. The fourth-order valence-electron chi connectivity index (χ4n) is 0.504. The highest BCUT2D eigenvalue weighted by atomic mass is 16.6. The Morgan fingerprint density at radius 1 is 1.45 bits per heavy atom. The molecule has 0 rings (SSSR count). The monoisotopic (exact) mass is 159 g/mol. The second kappa shape index (κ2) is 4.85. The van der Waals surface area contributed by atoms with Crippen molar-refractivity contribution in [2.45, 2.75) is 32.7 Å². The average molecular weight is 159 g/mol. The van der Waals surface area contributed by atoms with Crippen molar-refractivity contribution in [3.8, 4) is 0 Å². The van der Waals surface area contributed by atoms with Crippen molar-refractivity contribution in [3.05, 3.63) is 0 Å². The van der Waals surface area contributed by atoms with E-state index in [2.05, 4.69) is 4.74 Å². The molecule has 11 heavy (non-hydrogen) atoms. The fraction of sp³-hybridized carbons (Fsp3) is 0.714. The summed E-state index contributed by atoms with van der Waals surface area (Å²) in [5.74, 6) is -1.05. The van der Waals surface area contributed by atoms with Crippen LogP contribution in [-0.4, -0.2) is 18.0 Å². The molecule has 0 aromatic heterocycles. The minimum atomic E-state index is -0.549. The van der Waals surface area contributed by atoms with Gasteiger partial charge in [-0.15, -0.1) is 0 Å². The molecule has 0 aliphatic carbocycles. The molecule has 0 aliphatic heterocycles. The molecule has 0 unspecified atom stereocenters. The van der Waals surface area contributed by atoms with Gasteiger partial charge in [-0.2, -0.15) is 0 Å². The first-order valence-electron chi connectivity index (χ1n) is 3.55. The van der Waals surface area contributed by atoms with E-state index in [0.29, 0.717) is 0 Å². The van der Waals surface area contributed by atoms with Crippen molar-refractivity contribution in [1.82, 2.24) is 0 Å². The Hall–Kier alpha value is -0.900.